The number of aromatic nitrogens is 2. The Morgan fingerprint density at radius 1 is 1.03 bits per heavy atom. The van der Waals surface area contributed by atoms with Crippen molar-refractivity contribution in [2.45, 2.75) is 50.8 Å². The molecule has 0 radical (unpaired) electrons. The van der Waals surface area contributed by atoms with Gasteiger partial charge in [0.05, 0.1) is 31.9 Å². The molecule has 0 bridgehead atoms. The Kier molecular flexibility index (Phi) is 8.27. The summed E-state index contributed by atoms with van der Waals surface area (Å²) >= 11 is 0. The second-order valence-electron chi connectivity index (χ2n) is 9.74. The van der Waals surface area contributed by atoms with Gasteiger partial charge in [0, 0.05) is 36.6 Å². The zero-order valence-electron chi connectivity index (χ0n) is 21.8. The Bertz CT molecular complexity index is 1330. The Morgan fingerprint density at radius 2 is 1.76 bits per heavy atom. The Labute approximate surface area is 223 Å². The highest BCUT2D eigenvalue weighted by Gasteiger charge is 2.30. The van der Waals surface area contributed by atoms with E-state index in [2.05, 4.69) is 39.1 Å². The van der Waals surface area contributed by atoms with Crippen molar-refractivity contribution in [3.63, 3.8) is 0 Å². The first-order valence-electron chi connectivity index (χ1n) is 13.1. The summed E-state index contributed by atoms with van der Waals surface area (Å²) in [5.41, 5.74) is 1.92. The Balaban J connectivity index is 1.27. The lowest BCUT2D eigenvalue weighted by molar-refractivity contribution is 0.0719. The maximum atomic E-state index is 12.7. The van der Waals surface area contributed by atoms with E-state index in [-0.39, 0.29) is 18.2 Å². The summed E-state index contributed by atoms with van der Waals surface area (Å²) in [6.45, 7) is 3.74. The van der Waals surface area contributed by atoms with Gasteiger partial charge in [0.1, 0.15) is 12.1 Å². The highest BCUT2D eigenvalue weighted by Crippen LogP contribution is 2.37. The largest absolute Gasteiger partial charge is 0.493 e. The third-order valence-corrected chi connectivity index (χ3v) is 8.84. The van der Waals surface area contributed by atoms with Gasteiger partial charge in [-0.3, -0.25) is 0 Å². The number of rotatable bonds is 9. The molecule has 2 heterocycles. The van der Waals surface area contributed by atoms with Crippen LogP contribution in [0.2, 0.25) is 0 Å². The molecule has 0 unspecified atom stereocenters. The molecule has 1 aliphatic carbocycles. The molecular formula is C27H35N5O5S. The number of anilines is 1. The van der Waals surface area contributed by atoms with E-state index < -0.39 is 10.2 Å². The molecule has 0 amide bonds. The van der Waals surface area contributed by atoms with Crippen molar-refractivity contribution in [2.75, 3.05) is 38.7 Å². The van der Waals surface area contributed by atoms with Crippen molar-refractivity contribution < 1.29 is 22.6 Å². The lowest BCUT2D eigenvalue weighted by Crippen LogP contribution is -2.50. The predicted molar refractivity (Wildman–Crippen MR) is 146 cm³/mol. The van der Waals surface area contributed by atoms with Crippen molar-refractivity contribution in [2.24, 2.45) is 0 Å². The molecule has 1 aromatic heterocycles. The zero-order valence-corrected chi connectivity index (χ0v) is 22.6. The van der Waals surface area contributed by atoms with Crippen LogP contribution < -0.4 is 19.5 Å². The van der Waals surface area contributed by atoms with E-state index >= 15 is 0 Å². The van der Waals surface area contributed by atoms with Crippen molar-refractivity contribution in [3.8, 4) is 11.5 Å². The molecule has 3 aromatic rings. The van der Waals surface area contributed by atoms with Crippen LogP contribution >= 0.6 is 0 Å². The quantitative estimate of drug-likeness (QED) is 0.422. The first-order valence-corrected chi connectivity index (χ1v) is 14.5. The van der Waals surface area contributed by atoms with Crippen molar-refractivity contribution in [1.29, 1.82) is 0 Å². The zero-order chi connectivity index (χ0) is 26.5. The number of ether oxygens (including phenoxy) is 3. The highest BCUT2D eigenvalue weighted by atomic mass is 32.2. The van der Waals surface area contributed by atoms with Crippen LogP contribution in [0, 0.1) is 0 Å². The lowest BCUT2D eigenvalue weighted by Gasteiger charge is -2.32. The maximum absolute atomic E-state index is 12.7. The van der Waals surface area contributed by atoms with Crippen LogP contribution in [0.4, 0.5) is 5.82 Å². The Morgan fingerprint density at radius 3 is 2.47 bits per heavy atom. The molecule has 2 N–H and O–H groups in total. The Hall–Kier alpha value is -2.99. The molecule has 38 heavy (non-hydrogen) atoms. The first-order chi connectivity index (χ1) is 18.4. The predicted octanol–water partition coefficient (Wildman–Crippen LogP) is 3.67. The number of hydrogen-bond acceptors (Lipinski definition) is 8. The van der Waals surface area contributed by atoms with Gasteiger partial charge < -0.3 is 19.5 Å². The minimum atomic E-state index is -3.51. The van der Waals surface area contributed by atoms with Crippen LogP contribution in [0.3, 0.4) is 0 Å². The van der Waals surface area contributed by atoms with Gasteiger partial charge in [0.25, 0.3) is 10.2 Å². The number of nitrogens with one attached hydrogen (secondary N) is 2. The molecule has 1 aliphatic heterocycles. The summed E-state index contributed by atoms with van der Waals surface area (Å²) in [6, 6.07) is 13.9. The van der Waals surface area contributed by atoms with Gasteiger partial charge in [-0.25, -0.2) is 9.97 Å². The molecule has 1 atom stereocenters. The molecule has 10 nitrogen and oxygen atoms in total. The number of hydrogen-bond donors (Lipinski definition) is 2. The molecular weight excluding hydrogens is 506 g/mol. The fourth-order valence-corrected chi connectivity index (χ4v) is 6.45. The molecule has 2 aliphatic rings. The maximum Gasteiger partial charge on any atom is 0.279 e. The van der Waals surface area contributed by atoms with E-state index in [9.17, 15) is 8.42 Å². The summed E-state index contributed by atoms with van der Waals surface area (Å²) in [5, 5.41) is 4.34. The second kappa shape index (κ2) is 11.8. The average Bonchev–Trinajstić information content (AvgIpc) is 2.95. The van der Waals surface area contributed by atoms with Crippen LogP contribution in [0.15, 0.2) is 48.8 Å². The topological polar surface area (TPSA) is 115 Å². The van der Waals surface area contributed by atoms with E-state index in [1.54, 1.807) is 13.4 Å². The van der Waals surface area contributed by atoms with Crippen LogP contribution in [-0.2, 0) is 14.9 Å². The van der Waals surface area contributed by atoms with Crippen LogP contribution in [0.5, 0.6) is 11.5 Å². The van der Waals surface area contributed by atoms with Gasteiger partial charge in [-0.2, -0.15) is 17.4 Å². The summed E-state index contributed by atoms with van der Waals surface area (Å²) in [7, 11) is -1.89. The third-order valence-electron chi connectivity index (χ3n) is 7.17. The highest BCUT2D eigenvalue weighted by molar-refractivity contribution is 7.87. The smallest absolute Gasteiger partial charge is 0.279 e. The number of morpholine rings is 1. The van der Waals surface area contributed by atoms with Gasteiger partial charge in [-0.1, -0.05) is 30.3 Å². The van der Waals surface area contributed by atoms with Gasteiger partial charge in [-0.05, 0) is 44.2 Å². The average molecular weight is 542 g/mol. The second-order valence-corrected chi connectivity index (χ2v) is 11.4. The normalized spacial score (nSPS) is 21.6. The number of nitrogens with zero attached hydrogens (tertiary/aromatic N) is 3. The van der Waals surface area contributed by atoms with Crippen molar-refractivity contribution in [3.05, 3.63) is 54.4 Å². The molecule has 5 rings (SSSR count). The fraction of sp³-hybridized carbons (Fsp3) is 0.481. The number of methoxy groups -OCH3 is 1. The molecule has 1 saturated carbocycles. The SMILES string of the molecule is COc1cc2ncnc(N[C@H](C)c3ccccc3)c2cc1OC1CCC(NS(=O)(=O)N2CCOCC2)CC1. The fourth-order valence-electron chi connectivity index (χ4n) is 5.01. The summed E-state index contributed by atoms with van der Waals surface area (Å²) in [5.74, 6) is 1.95. The monoisotopic (exact) mass is 541 g/mol. The van der Waals surface area contributed by atoms with E-state index in [0.717, 1.165) is 35.1 Å². The molecule has 1 saturated heterocycles. The number of fused-ring (bicyclic) bond motifs is 1. The first kappa shape index (κ1) is 26.6. The van der Waals surface area contributed by atoms with Crippen LogP contribution in [0.1, 0.15) is 44.2 Å². The summed E-state index contributed by atoms with van der Waals surface area (Å²) in [4.78, 5) is 8.94. The third kappa shape index (κ3) is 6.17. The molecule has 2 aromatic carbocycles. The van der Waals surface area contributed by atoms with E-state index in [4.69, 9.17) is 14.2 Å². The molecule has 204 valence electrons. The van der Waals surface area contributed by atoms with Crippen molar-refractivity contribution >= 4 is 26.9 Å². The molecule has 0 spiro atoms. The minimum absolute atomic E-state index is 0.0465. The van der Waals surface area contributed by atoms with Gasteiger partial charge in [0.15, 0.2) is 11.5 Å². The van der Waals surface area contributed by atoms with Gasteiger partial charge in [-0.15, -0.1) is 0 Å². The van der Waals surface area contributed by atoms with E-state index in [1.807, 2.05) is 30.3 Å². The van der Waals surface area contributed by atoms with Crippen LogP contribution in [0.25, 0.3) is 10.9 Å². The van der Waals surface area contributed by atoms with Gasteiger partial charge >= 0.3 is 0 Å². The lowest BCUT2D eigenvalue weighted by atomic mass is 9.93. The summed E-state index contributed by atoms with van der Waals surface area (Å²) in [6.07, 6.45) is 4.37. The number of benzene rings is 2. The van der Waals surface area contributed by atoms with Crippen molar-refractivity contribution in [1.82, 2.24) is 19.0 Å². The van der Waals surface area contributed by atoms with E-state index in [1.165, 1.54) is 4.31 Å². The molecule has 11 heteroatoms. The van der Waals surface area contributed by atoms with E-state index in [0.29, 0.717) is 50.6 Å². The standard InChI is InChI=1S/C27H35N5O5S/c1-19(20-6-4-3-5-7-20)30-27-23-16-26(25(35-2)17-24(23)28-18-29-27)37-22-10-8-21(9-11-22)31-38(33,34)32-12-14-36-15-13-32/h3-7,16-19,21-22,31H,8-15H2,1-2H3,(H,28,29,30)/t19-,21?,22?/m1/s1. The summed E-state index contributed by atoms with van der Waals surface area (Å²) < 4.78 is 47.1. The van der Waals surface area contributed by atoms with Crippen LogP contribution in [-0.4, -0.2) is 68.2 Å². The van der Waals surface area contributed by atoms with Gasteiger partial charge in [0.2, 0.25) is 0 Å². The minimum Gasteiger partial charge on any atom is -0.493 e. The molecule has 2 fully saturated rings.